The highest BCUT2D eigenvalue weighted by Crippen LogP contribution is 2.56. The van der Waals surface area contributed by atoms with Gasteiger partial charge < -0.3 is 0 Å². The Morgan fingerprint density at radius 3 is 1.03 bits per heavy atom. The Morgan fingerprint density at radius 1 is 0.531 bits per heavy atom. The highest BCUT2D eigenvalue weighted by molar-refractivity contribution is 6.93. The van der Waals surface area contributed by atoms with Crippen molar-refractivity contribution in [3.8, 4) is 0 Å². The first-order valence-electron chi connectivity index (χ1n) is 12.3. The Kier molecular flexibility index (Phi) is 8.30. The largest absolute Gasteiger partial charge is 0.152 e. The highest BCUT2D eigenvalue weighted by Gasteiger charge is 2.46. The number of hydrogen-bond acceptors (Lipinski definition) is 0. The Labute approximate surface area is 204 Å². The summed E-state index contributed by atoms with van der Waals surface area (Å²) in [6.07, 6.45) is 23.0. The summed E-state index contributed by atoms with van der Waals surface area (Å²) >= 11 is 0. The van der Waals surface area contributed by atoms with Gasteiger partial charge in [-0.3, -0.25) is 0 Å². The fourth-order valence-electron chi connectivity index (χ4n) is 5.59. The summed E-state index contributed by atoms with van der Waals surface area (Å²) in [5, 5.41) is 3.66. The van der Waals surface area contributed by atoms with Crippen LogP contribution in [0.3, 0.4) is 0 Å². The lowest BCUT2D eigenvalue weighted by Crippen LogP contribution is -2.50. The third-order valence-corrected chi connectivity index (χ3v) is 16.9. The van der Waals surface area contributed by atoms with E-state index < -0.39 is 32.3 Å². The molecule has 0 aromatic carbocycles. The van der Waals surface area contributed by atoms with E-state index >= 15 is 0 Å². The van der Waals surface area contributed by atoms with Crippen molar-refractivity contribution in [2.24, 2.45) is 0 Å². The van der Waals surface area contributed by atoms with E-state index in [0.29, 0.717) is 11.1 Å². The maximum Gasteiger partial charge on any atom is 0.0420 e. The normalized spacial score (nSPS) is 22.2. The van der Waals surface area contributed by atoms with Crippen LogP contribution >= 0.6 is 0 Å². The Hall–Kier alpha value is -0.952. The van der Waals surface area contributed by atoms with Gasteiger partial charge in [-0.2, -0.15) is 11.1 Å². The molecule has 0 bridgehead atoms. The summed E-state index contributed by atoms with van der Waals surface area (Å²) in [5.74, 6) is 0. The lowest BCUT2D eigenvalue weighted by atomic mass is 10.0. The predicted molar refractivity (Wildman–Crippen MR) is 160 cm³/mol. The second-order valence-electron chi connectivity index (χ2n) is 13.7. The predicted octanol–water partition coefficient (Wildman–Crippen LogP) is 9.41. The summed E-state index contributed by atoms with van der Waals surface area (Å²) in [5.41, 5.74) is 4.41. The smallest absolute Gasteiger partial charge is 0.0420 e. The second kappa shape index (κ2) is 9.73. The van der Waals surface area contributed by atoms with Gasteiger partial charge in [-0.15, -0.1) is 71.8 Å². The SMILES string of the molecule is C[Si](C)(C)/C(=C1\C=CC=C[CH-]1)C(C(/C(=C1/C=CC=C[CH-]1)[Si](C)(C)C)[Si](C)(C)C)[Si](C)(C)C. The molecule has 0 nitrogen and oxygen atoms in total. The van der Waals surface area contributed by atoms with Gasteiger partial charge in [-0.25, -0.2) is 0 Å². The number of rotatable bonds is 7. The van der Waals surface area contributed by atoms with Gasteiger partial charge in [0, 0.05) is 32.3 Å². The molecule has 0 amide bonds. The summed E-state index contributed by atoms with van der Waals surface area (Å²) in [6, 6.07) is 0. The minimum atomic E-state index is -1.57. The molecule has 0 aromatic heterocycles. The average molecular weight is 497 g/mol. The molecule has 0 fully saturated rings. The van der Waals surface area contributed by atoms with E-state index in [9.17, 15) is 0 Å². The van der Waals surface area contributed by atoms with Crippen LogP contribution in [0.25, 0.3) is 0 Å². The molecule has 0 spiro atoms. The minimum Gasteiger partial charge on any atom is -0.152 e. The molecule has 2 aliphatic carbocycles. The monoisotopic (exact) mass is 496 g/mol. The van der Waals surface area contributed by atoms with Gasteiger partial charge in [0.25, 0.3) is 0 Å². The second-order valence-corrected chi connectivity index (χ2v) is 34.5. The van der Waals surface area contributed by atoms with Crippen LogP contribution in [-0.4, -0.2) is 32.3 Å². The van der Waals surface area contributed by atoms with Crippen molar-refractivity contribution in [3.05, 3.63) is 83.0 Å². The fraction of sp³-hybridized carbons (Fsp3) is 0.500. The van der Waals surface area contributed by atoms with Crippen LogP contribution in [0.2, 0.25) is 89.6 Å². The van der Waals surface area contributed by atoms with Gasteiger partial charge in [0.1, 0.15) is 0 Å². The molecule has 0 aliphatic heterocycles. The van der Waals surface area contributed by atoms with E-state index in [1.807, 2.05) is 10.4 Å². The Bertz CT molecular complexity index is 792. The van der Waals surface area contributed by atoms with E-state index in [-0.39, 0.29) is 0 Å². The quantitative estimate of drug-likeness (QED) is 0.243. The van der Waals surface area contributed by atoms with Gasteiger partial charge in [0.15, 0.2) is 0 Å². The molecule has 32 heavy (non-hydrogen) atoms. The first-order chi connectivity index (χ1) is 14.5. The lowest BCUT2D eigenvalue weighted by Gasteiger charge is -2.55. The molecule has 2 atom stereocenters. The molecule has 0 saturated carbocycles. The van der Waals surface area contributed by atoms with Crippen LogP contribution in [0, 0.1) is 12.8 Å². The van der Waals surface area contributed by atoms with Crippen LogP contribution in [0.4, 0.5) is 0 Å². The van der Waals surface area contributed by atoms with Crippen molar-refractivity contribution in [1.29, 1.82) is 0 Å². The molecule has 2 aliphatic rings. The van der Waals surface area contributed by atoms with Crippen LogP contribution in [-0.2, 0) is 0 Å². The van der Waals surface area contributed by atoms with E-state index in [1.54, 1.807) is 0 Å². The Morgan fingerprint density at radius 2 is 0.844 bits per heavy atom. The Balaban J connectivity index is 2.95. The van der Waals surface area contributed by atoms with Gasteiger partial charge in [-0.1, -0.05) is 89.6 Å². The van der Waals surface area contributed by atoms with Gasteiger partial charge in [0.2, 0.25) is 0 Å². The maximum atomic E-state index is 2.64. The van der Waals surface area contributed by atoms with E-state index in [1.165, 1.54) is 11.1 Å². The topological polar surface area (TPSA) is 0 Å². The summed E-state index contributed by atoms with van der Waals surface area (Å²) < 4.78 is 0. The van der Waals surface area contributed by atoms with Crippen molar-refractivity contribution < 1.29 is 0 Å². The third-order valence-electron chi connectivity index (χ3n) is 6.61. The summed E-state index contributed by atoms with van der Waals surface area (Å²) in [7, 11) is -6.26. The number of hydrogen-bond donors (Lipinski definition) is 0. The molecule has 0 N–H and O–H groups in total. The van der Waals surface area contributed by atoms with Crippen molar-refractivity contribution in [2.45, 2.75) is 89.6 Å². The summed E-state index contributed by atoms with van der Waals surface area (Å²) in [4.78, 5) is 0. The molecule has 4 heteroatoms. The van der Waals surface area contributed by atoms with Crippen LogP contribution in [0.15, 0.2) is 70.1 Å². The molecule has 2 unspecified atom stereocenters. The zero-order valence-electron chi connectivity index (χ0n) is 22.9. The molecule has 0 radical (unpaired) electrons. The third kappa shape index (κ3) is 6.55. The van der Waals surface area contributed by atoms with E-state index in [0.717, 1.165) is 0 Å². The first-order valence-corrected chi connectivity index (χ1v) is 26.5. The molecule has 0 heterocycles. The fourth-order valence-corrected chi connectivity index (χ4v) is 22.8. The minimum absolute atomic E-state index is 0.685. The van der Waals surface area contributed by atoms with Crippen molar-refractivity contribution in [2.75, 3.05) is 0 Å². The molecule has 178 valence electrons. The summed E-state index contributed by atoms with van der Waals surface area (Å²) in [6.45, 7) is 31.3. The van der Waals surface area contributed by atoms with Crippen LogP contribution in [0.1, 0.15) is 0 Å². The van der Waals surface area contributed by atoms with E-state index in [2.05, 4.69) is 140 Å². The number of allylic oxidation sites excluding steroid dienone is 12. The standard InChI is InChI=1S/C28H48Si4/c1-29(2,3)25(23-19-15-13-16-20-23)27(31(7,8)9)28(32(10,11)12)26(30(4,5)6)24-21-17-14-18-22-24/h13-22,27-28H,1-12H3/q-2. The van der Waals surface area contributed by atoms with Gasteiger partial charge in [-0.05, 0) is 0 Å². The molecule has 2 rings (SSSR count). The van der Waals surface area contributed by atoms with Crippen LogP contribution in [0.5, 0.6) is 0 Å². The van der Waals surface area contributed by atoms with Crippen molar-refractivity contribution >= 4 is 32.3 Å². The van der Waals surface area contributed by atoms with E-state index in [4.69, 9.17) is 0 Å². The lowest BCUT2D eigenvalue weighted by molar-refractivity contribution is 0.887. The van der Waals surface area contributed by atoms with Crippen molar-refractivity contribution in [3.63, 3.8) is 0 Å². The molecule has 0 saturated heterocycles. The zero-order valence-corrected chi connectivity index (χ0v) is 26.9. The molecular formula is C28H48Si4-2. The van der Waals surface area contributed by atoms with Crippen LogP contribution < -0.4 is 0 Å². The molecular weight excluding hydrogens is 449 g/mol. The van der Waals surface area contributed by atoms with Gasteiger partial charge in [0.05, 0.1) is 0 Å². The maximum absolute atomic E-state index is 2.64. The van der Waals surface area contributed by atoms with Crippen molar-refractivity contribution in [1.82, 2.24) is 0 Å². The zero-order chi connectivity index (χ0) is 24.5. The first kappa shape index (κ1) is 27.3. The van der Waals surface area contributed by atoms with Gasteiger partial charge >= 0.3 is 0 Å². The average Bonchev–Trinajstić information content (AvgIpc) is 2.62. The highest BCUT2D eigenvalue weighted by atomic mass is 28.3. The molecule has 0 aromatic rings.